The van der Waals surface area contributed by atoms with Crippen LogP contribution >= 0.6 is 0 Å². The van der Waals surface area contributed by atoms with Gasteiger partial charge in [-0.3, -0.25) is 9.48 Å². The van der Waals surface area contributed by atoms with Gasteiger partial charge >= 0.3 is 6.18 Å². The molecule has 1 aliphatic rings. The highest BCUT2D eigenvalue weighted by Gasteiger charge is 2.49. The van der Waals surface area contributed by atoms with Crippen LogP contribution in [-0.4, -0.2) is 22.2 Å². The molecule has 0 spiro atoms. The first-order chi connectivity index (χ1) is 18.6. The second-order valence-electron chi connectivity index (χ2n) is 8.71. The first-order valence-electron chi connectivity index (χ1n) is 12.7. The molecule has 3 rings (SSSR count). The van der Waals surface area contributed by atoms with Crippen LogP contribution in [0, 0.1) is 11.6 Å². The molecule has 1 aliphatic carbocycles. The van der Waals surface area contributed by atoms with Gasteiger partial charge in [-0.25, -0.2) is 8.78 Å². The molecule has 40 heavy (non-hydrogen) atoms. The van der Waals surface area contributed by atoms with E-state index >= 15 is 0 Å². The summed E-state index contributed by atoms with van der Waals surface area (Å²) in [6, 6.07) is 2.99. The average Bonchev–Trinajstić information content (AvgIpc) is 3.38. The Hall–Kier alpha value is -3.37. The van der Waals surface area contributed by atoms with E-state index in [0.29, 0.717) is 18.4 Å². The van der Waals surface area contributed by atoms with Gasteiger partial charge in [-0.15, -0.1) is 0 Å². The van der Waals surface area contributed by atoms with E-state index in [1.54, 1.807) is 6.92 Å². The van der Waals surface area contributed by atoms with Crippen LogP contribution in [0.4, 0.5) is 30.7 Å². The minimum Gasteiger partial charge on any atom is -0.352 e. The van der Waals surface area contributed by atoms with Gasteiger partial charge in [0.25, 0.3) is 5.92 Å². The molecule has 1 unspecified atom stereocenters. The van der Waals surface area contributed by atoms with Crippen molar-refractivity contribution >= 4 is 6.41 Å². The minimum atomic E-state index is -4.66. The topological polar surface area (TPSA) is 46.9 Å². The number of benzene rings is 1. The fourth-order valence-electron chi connectivity index (χ4n) is 3.71. The third-order valence-electron chi connectivity index (χ3n) is 5.33. The maximum atomic E-state index is 13.4. The number of carbonyl (C=O) groups is 1. The Balaban J connectivity index is 0.000000604. The summed E-state index contributed by atoms with van der Waals surface area (Å²) in [5, 5.41) is 5.77. The number of allylic oxidation sites excluding steroid dienone is 3. The van der Waals surface area contributed by atoms with Gasteiger partial charge in [-0.05, 0) is 58.2 Å². The Morgan fingerprint density at radius 1 is 1.15 bits per heavy atom. The lowest BCUT2D eigenvalue weighted by molar-refractivity contribution is -0.142. The van der Waals surface area contributed by atoms with Gasteiger partial charge in [-0.1, -0.05) is 50.3 Å². The number of alkyl halides is 5. The molecule has 1 aromatic heterocycles. The summed E-state index contributed by atoms with van der Waals surface area (Å²) in [5.74, 6) is -4.44. The molecule has 0 fully saturated rings. The molecular weight excluding hydrogens is 539 g/mol. The highest BCUT2D eigenvalue weighted by molar-refractivity contribution is 5.48. The van der Waals surface area contributed by atoms with Crippen molar-refractivity contribution in [1.29, 1.82) is 0 Å². The maximum Gasteiger partial charge on any atom is 0.435 e. The van der Waals surface area contributed by atoms with Gasteiger partial charge in [0.05, 0.1) is 6.04 Å². The average molecular weight is 578 g/mol. The number of aromatic nitrogens is 2. The minimum absolute atomic E-state index is 0.00794. The van der Waals surface area contributed by atoms with Gasteiger partial charge in [0.2, 0.25) is 6.41 Å². The third kappa shape index (κ3) is 11.4. The van der Waals surface area contributed by atoms with Gasteiger partial charge < -0.3 is 5.32 Å². The van der Waals surface area contributed by atoms with Crippen molar-refractivity contribution in [2.45, 2.75) is 85.5 Å². The van der Waals surface area contributed by atoms with Crippen LogP contribution in [0.15, 0.2) is 54.7 Å². The number of halogens is 7. The maximum absolute atomic E-state index is 13.4. The van der Waals surface area contributed by atoms with Crippen molar-refractivity contribution in [3.63, 3.8) is 0 Å². The predicted molar refractivity (Wildman–Crippen MR) is 144 cm³/mol. The smallest absolute Gasteiger partial charge is 0.352 e. The number of amides is 1. The van der Waals surface area contributed by atoms with Crippen molar-refractivity contribution in [3.8, 4) is 0 Å². The Labute approximate surface area is 231 Å². The van der Waals surface area contributed by atoms with E-state index in [9.17, 15) is 35.5 Å². The summed E-state index contributed by atoms with van der Waals surface area (Å²) in [7, 11) is 0. The standard InChI is InChI=1S/C12H13F2NO.C9H9F5N2.C6H10.C2H6/c1-8(2)12(15-7-16)5-9-3-10(13)6-11(14)4-9;1-2-16-7-5(3-4-8(7,10)11)6(15-16)9(12,13)14;1-4-5-6(2)3;1-2/h3-4,6-7,12H,1,5H2,2H3,(H,15,16);2-4H2,1H3;4-5H,2H2,1,3H3;1-2H3/b;;5-4-;. The molecule has 1 heterocycles. The van der Waals surface area contributed by atoms with Crippen molar-refractivity contribution in [2.75, 3.05) is 0 Å². The summed E-state index contributed by atoms with van der Waals surface area (Å²) >= 11 is 0. The zero-order valence-corrected chi connectivity index (χ0v) is 23.7. The highest BCUT2D eigenvalue weighted by Crippen LogP contribution is 2.46. The van der Waals surface area contributed by atoms with E-state index in [1.165, 1.54) is 19.1 Å². The molecule has 224 valence electrons. The molecule has 1 aromatic carbocycles. The molecule has 0 aliphatic heterocycles. The summed E-state index contributed by atoms with van der Waals surface area (Å²) in [4.78, 5) is 10.3. The van der Waals surface area contributed by atoms with Crippen molar-refractivity contribution in [1.82, 2.24) is 15.1 Å². The van der Waals surface area contributed by atoms with Crippen LogP contribution in [0.3, 0.4) is 0 Å². The molecule has 2 aromatic rings. The molecule has 1 N–H and O–H groups in total. The Bertz CT molecular complexity index is 1130. The second kappa shape index (κ2) is 16.7. The summed E-state index contributed by atoms with van der Waals surface area (Å²) in [5.41, 5.74) is 0.248. The number of aryl methyl sites for hydroxylation is 1. The van der Waals surface area contributed by atoms with E-state index in [2.05, 4.69) is 23.6 Å². The number of carbonyl (C=O) groups excluding carboxylic acids is 1. The molecule has 1 atom stereocenters. The molecular formula is C29H38F7N3O. The first-order valence-corrected chi connectivity index (χ1v) is 12.7. The number of rotatable bonds is 7. The first kappa shape index (κ1) is 36.6. The Morgan fingerprint density at radius 3 is 2.08 bits per heavy atom. The SMILES string of the molecule is C=C(C)/C=C\C.C=C(C)C(Cc1cc(F)cc(F)c1)NC=O.CC.CCn1nc(C(F)(F)F)c2c1C(F)(F)CC2. The van der Waals surface area contributed by atoms with E-state index in [0.717, 1.165) is 21.9 Å². The van der Waals surface area contributed by atoms with Crippen LogP contribution in [0.1, 0.15) is 70.5 Å². The largest absolute Gasteiger partial charge is 0.435 e. The van der Waals surface area contributed by atoms with E-state index < -0.39 is 41.5 Å². The van der Waals surface area contributed by atoms with Crippen molar-refractivity contribution < 1.29 is 35.5 Å². The lowest BCUT2D eigenvalue weighted by atomic mass is 10.0. The molecule has 0 radical (unpaired) electrons. The van der Waals surface area contributed by atoms with Gasteiger partial charge in [-0.2, -0.15) is 27.1 Å². The number of nitrogens with zero attached hydrogens (tertiary/aromatic N) is 2. The number of nitrogens with one attached hydrogen (secondary N) is 1. The number of hydrogen-bond acceptors (Lipinski definition) is 2. The summed E-state index contributed by atoms with van der Waals surface area (Å²) in [6.45, 7) is 18.6. The lowest BCUT2D eigenvalue weighted by Crippen LogP contribution is -2.30. The normalized spacial score (nSPS) is 13.9. The molecule has 0 saturated carbocycles. The fourth-order valence-corrected chi connectivity index (χ4v) is 3.71. The summed E-state index contributed by atoms with van der Waals surface area (Å²) in [6.07, 6.45) is -0.675. The van der Waals surface area contributed by atoms with Crippen LogP contribution in [0.2, 0.25) is 0 Å². The molecule has 4 nitrogen and oxygen atoms in total. The number of fused-ring (bicyclic) bond motifs is 1. The fraction of sp³-hybridized carbons (Fsp3) is 0.448. The molecule has 0 bridgehead atoms. The Kier molecular flexibility index (Phi) is 15.3. The van der Waals surface area contributed by atoms with Crippen LogP contribution < -0.4 is 5.32 Å². The van der Waals surface area contributed by atoms with Gasteiger partial charge in [0.15, 0.2) is 5.69 Å². The Morgan fingerprint density at radius 2 is 1.70 bits per heavy atom. The zero-order chi connectivity index (χ0) is 31.3. The van der Waals surface area contributed by atoms with Gasteiger partial charge in [0.1, 0.15) is 17.3 Å². The quantitative estimate of drug-likeness (QED) is 0.156. The number of hydrogen-bond donors (Lipinski definition) is 1. The predicted octanol–water partition coefficient (Wildman–Crippen LogP) is 8.32. The van der Waals surface area contributed by atoms with E-state index in [4.69, 9.17) is 0 Å². The lowest BCUT2D eigenvalue weighted by Gasteiger charge is -2.16. The molecule has 11 heteroatoms. The zero-order valence-electron chi connectivity index (χ0n) is 23.7. The third-order valence-corrected chi connectivity index (χ3v) is 5.33. The van der Waals surface area contributed by atoms with E-state index in [1.807, 2.05) is 39.8 Å². The van der Waals surface area contributed by atoms with Crippen molar-refractivity contribution in [3.05, 3.63) is 88.8 Å². The van der Waals surface area contributed by atoms with E-state index in [-0.39, 0.29) is 24.6 Å². The van der Waals surface area contributed by atoms with Gasteiger partial charge in [0, 0.05) is 24.6 Å². The molecule has 0 saturated heterocycles. The van der Waals surface area contributed by atoms with Crippen LogP contribution in [-0.2, 0) is 36.3 Å². The highest BCUT2D eigenvalue weighted by atomic mass is 19.4. The van der Waals surface area contributed by atoms with Crippen LogP contribution in [0.25, 0.3) is 0 Å². The summed E-state index contributed by atoms with van der Waals surface area (Å²) < 4.78 is 90.9. The molecule has 1 amide bonds. The second-order valence-corrected chi connectivity index (χ2v) is 8.71. The van der Waals surface area contributed by atoms with Crippen LogP contribution in [0.5, 0.6) is 0 Å². The monoisotopic (exact) mass is 577 g/mol. The van der Waals surface area contributed by atoms with Crippen molar-refractivity contribution in [2.24, 2.45) is 0 Å².